The Bertz CT molecular complexity index is 3130. The summed E-state index contributed by atoms with van der Waals surface area (Å²) in [7, 11) is 0. The van der Waals surface area contributed by atoms with E-state index in [-0.39, 0.29) is 0 Å². The third kappa shape index (κ3) is 5.38. The zero-order chi connectivity index (χ0) is 36.9. The fraction of sp³-hybridized carbons (Fsp3) is 0.0196. The second kappa shape index (κ2) is 13.3. The first-order valence-corrected chi connectivity index (χ1v) is 18.6. The Hall–Kier alpha value is -7.30. The zero-order valence-electron chi connectivity index (χ0n) is 30.4. The van der Waals surface area contributed by atoms with Crippen molar-refractivity contribution in [2.75, 3.05) is 0 Å². The molecule has 260 valence electrons. The molecule has 0 aliphatic heterocycles. The molecule has 0 aliphatic rings. The summed E-state index contributed by atoms with van der Waals surface area (Å²) >= 11 is 0. The first kappa shape index (κ1) is 32.4. The van der Waals surface area contributed by atoms with Crippen molar-refractivity contribution in [1.29, 1.82) is 0 Å². The lowest BCUT2D eigenvalue weighted by atomic mass is 9.98. The molecule has 10 rings (SSSR count). The van der Waals surface area contributed by atoms with Gasteiger partial charge >= 0.3 is 0 Å². The van der Waals surface area contributed by atoms with Crippen molar-refractivity contribution < 1.29 is 0 Å². The molecule has 0 N–H and O–H groups in total. The summed E-state index contributed by atoms with van der Waals surface area (Å²) in [5, 5.41) is 7.27. The monoisotopic (exact) mass is 704 g/mol. The summed E-state index contributed by atoms with van der Waals surface area (Å²) < 4.78 is 4.81. The predicted octanol–water partition coefficient (Wildman–Crippen LogP) is 13.0. The van der Waals surface area contributed by atoms with E-state index in [1.165, 1.54) is 32.3 Å². The molecule has 10 aromatic rings. The van der Waals surface area contributed by atoms with Crippen LogP contribution in [0, 0.1) is 0 Å². The predicted molar refractivity (Wildman–Crippen MR) is 233 cm³/mol. The Balaban J connectivity index is 1.20. The lowest BCUT2D eigenvalue weighted by Crippen LogP contribution is -1.99. The molecule has 0 atom stereocenters. The Morgan fingerprint density at radius 1 is 0.509 bits per heavy atom. The van der Waals surface area contributed by atoms with Gasteiger partial charge in [0.15, 0.2) is 0 Å². The number of hydrogen-bond donors (Lipinski definition) is 0. The van der Waals surface area contributed by atoms with Crippen LogP contribution in [-0.4, -0.2) is 19.8 Å². The Kier molecular flexibility index (Phi) is 7.81. The summed E-state index contributed by atoms with van der Waals surface area (Å²) in [6, 6.07) is 61.9. The van der Waals surface area contributed by atoms with Crippen molar-refractivity contribution in [2.45, 2.75) is 6.92 Å². The fourth-order valence-electron chi connectivity index (χ4n) is 8.16. The third-order valence-corrected chi connectivity index (χ3v) is 10.7. The van der Waals surface area contributed by atoms with Crippen molar-refractivity contribution >= 4 is 71.4 Å². The molecular weight excluding hydrogens is 669 g/mol. The van der Waals surface area contributed by atoms with E-state index in [0.29, 0.717) is 0 Å². The topological polar surface area (TPSA) is 35.1 Å². The van der Waals surface area contributed by atoms with Crippen LogP contribution in [0.2, 0.25) is 0 Å². The van der Waals surface area contributed by atoms with E-state index in [0.717, 1.165) is 67.2 Å². The van der Waals surface area contributed by atoms with Gasteiger partial charge in [0, 0.05) is 39.3 Å². The van der Waals surface area contributed by atoms with Gasteiger partial charge in [0.05, 0.1) is 27.8 Å². The van der Waals surface area contributed by atoms with Crippen LogP contribution in [0.5, 0.6) is 0 Å². The van der Waals surface area contributed by atoms with Crippen molar-refractivity contribution in [1.82, 2.24) is 14.1 Å². The number of nitrogens with zero attached hydrogens (tertiary/aromatic N) is 4. The molecule has 55 heavy (non-hydrogen) atoms. The largest absolute Gasteiger partial charge is 0.307 e. The second-order valence-corrected chi connectivity index (χ2v) is 13.9. The quantitative estimate of drug-likeness (QED) is 0.0924. The maximum atomic E-state index is 5.22. The molecule has 0 saturated heterocycles. The van der Waals surface area contributed by atoms with E-state index in [2.05, 4.69) is 162 Å². The van der Waals surface area contributed by atoms with Crippen LogP contribution < -0.4 is 0 Å². The fourth-order valence-corrected chi connectivity index (χ4v) is 8.16. The van der Waals surface area contributed by atoms with Crippen LogP contribution in [0.4, 0.5) is 0 Å². The van der Waals surface area contributed by atoms with Crippen LogP contribution >= 0.6 is 0 Å². The number of aliphatic imine (C=N–C) groups is 1. The van der Waals surface area contributed by atoms with E-state index in [1.807, 2.05) is 48.7 Å². The Morgan fingerprint density at radius 3 is 1.78 bits per heavy atom. The molecule has 3 heterocycles. The summed E-state index contributed by atoms with van der Waals surface area (Å²) in [5.74, 6) is 0.894. The van der Waals surface area contributed by atoms with Crippen LogP contribution in [0.25, 0.3) is 77.2 Å². The molecule has 0 bridgehead atoms. The van der Waals surface area contributed by atoms with Gasteiger partial charge in [-0.25, -0.2) is 4.98 Å². The lowest BCUT2D eigenvalue weighted by Gasteiger charge is -2.13. The third-order valence-electron chi connectivity index (χ3n) is 10.7. The summed E-state index contributed by atoms with van der Waals surface area (Å²) in [6.07, 6.45) is 3.96. The number of fused-ring (bicyclic) bond motifs is 10. The minimum atomic E-state index is 0.871. The zero-order valence-corrected chi connectivity index (χ0v) is 30.4. The van der Waals surface area contributed by atoms with Crippen molar-refractivity contribution in [2.24, 2.45) is 4.99 Å². The molecule has 0 amide bonds. The number of benzene rings is 7. The highest BCUT2D eigenvalue weighted by molar-refractivity contribution is 6.34. The van der Waals surface area contributed by atoms with E-state index in [4.69, 9.17) is 9.98 Å². The maximum Gasteiger partial charge on any atom is 0.137 e. The summed E-state index contributed by atoms with van der Waals surface area (Å²) in [6.45, 7) is 6.47. The molecule has 0 fully saturated rings. The SMILES string of the molecule is C=C(/C=C(\N=C(C)c1ccc(-n2c3ccccc3c3c2c2c4ccccc4c4ccccc4c2n3-c2ccccn2)cc1)c1ccccc1)c1ccccc1. The molecule has 3 aromatic heterocycles. The van der Waals surface area contributed by atoms with Crippen molar-refractivity contribution in [3.63, 3.8) is 0 Å². The highest BCUT2D eigenvalue weighted by Crippen LogP contribution is 2.46. The van der Waals surface area contributed by atoms with Crippen LogP contribution in [0.1, 0.15) is 23.6 Å². The van der Waals surface area contributed by atoms with E-state index in [9.17, 15) is 0 Å². The van der Waals surface area contributed by atoms with E-state index < -0.39 is 0 Å². The van der Waals surface area contributed by atoms with Gasteiger partial charge in [-0.15, -0.1) is 0 Å². The minimum Gasteiger partial charge on any atom is -0.307 e. The first-order valence-electron chi connectivity index (χ1n) is 18.6. The molecule has 0 radical (unpaired) electrons. The average Bonchev–Trinajstić information content (AvgIpc) is 3.78. The highest BCUT2D eigenvalue weighted by atomic mass is 15.1. The number of hydrogen-bond acceptors (Lipinski definition) is 2. The molecular formula is C51H36N4. The van der Waals surface area contributed by atoms with Gasteiger partial charge in [0.2, 0.25) is 0 Å². The molecule has 4 nitrogen and oxygen atoms in total. The van der Waals surface area contributed by atoms with E-state index in [1.54, 1.807) is 0 Å². The minimum absolute atomic E-state index is 0.871. The van der Waals surface area contributed by atoms with Crippen LogP contribution in [0.15, 0.2) is 200 Å². The Labute approximate surface area is 319 Å². The van der Waals surface area contributed by atoms with Gasteiger partial charge in [0.1, 0.15) is 5.82 Å². The first-order chi connectivity index (χ1) is 27.2. The van der Waals surface area contributed by atoms with Gasteiger partial charge in [-0.1, -0.05) is 152 Å². The number of rotatable bonds is 7. The van der Waals surface area contributed by atoms with E-state index >= 15 is 0 Å². The molecule has 0 spiro atoms. The molecule has 4 heteroatoms. The maximum absolute atomic E-state index is 5.22. The van der Waals surface area contributed by atoms with Crippen molar-refractivity contribution in [3.8, 4) is 11.5 Å². The van der Waals surface area contributed by atoms with Gasteiger partial charge < -0.3 is 4.57 Å². The second-order valence-electron chi connectivity index (χ2n) is 13.9. The molecule has 0 saturated carbocycles. The van der Waals surface area contributed by atoms with Gasteiger partial charge in [0.25, 0.3) is 0 Å². The van der Waals surface area contributed by atoms with Gasteiger partial charge in [-0.2, -0.15) is 0 Å². The van der Waals surface area contributed by atoms with Crippen LogP contribution in [-0.2, 0) is 0 Å². The van der Waals surface area contributed by atoms with Crippen LogP contribution in [0.3, 0.4) is 0 Å². The van der Waals surface area contributed by atoms with Gasteiger partial charge in [-0.3, -0.25) is 9.56 Å². The normalized spacial score (nSPS) is 12.4. The van der Waals surface area contributed by atoms with Crippen molar-refractivity contribution in [3.05, 3.63) is 211 Å². The molecule has 0 aliphatic carbocycles. The number of pyridine rings is 1. The molecule has 7 aromatic carbocycles. The lowest BCUT2D eigenvalue weighted by molar-refractivity contribution is 1.09. The Morgan fingerprint density at radius 2 is 1.09 bits per heavy atom. The molecule has 0 unspecified atom stereocenters. The smallest absolute Gasteiger partial charge is 0.137 e. The summed E-state index contributed by atoms with van der Waals surface area (Å²) in [5.41, 5.74) is 11.6. The standard InChI is InChI=1S/C51H36N4/c1-34(36-17-5-3-6-18-36)33-45(38-19-7-4-8-20-38)53-35(2)37-28-30-39(31-29-37)54-46-26-14-13-25-44(46)50-51(54)48-42-23-11-9-21-40(42)41-22-10-12-24-43(41)49(48)55(50)47-27-15-16-32-52-47/h3-33H,1H2,2H3/b45-33-,53-35?. The highest BCUT2D eigenvalue weighted by Gasteiger charge is 2.25. The van der Waals surface area contributed by atoms with Gasteiger partial charge in [-0.05, 0) is 76.2 Å². The number of para-hydroxylation sites is 1. The summed E-state index contributed by atoms with van der Waals surface area (Å²) in [4.78, 5) is 10.2. The number of aromatic nitrogens is 3. The average molecular weight is 705 g/mol. The number of allylic oxidation sites excluding steroid dienone is 2.